The SMILES string of the molecule is Cc1cccc(C)c1NC(=O)CN1CCN(c2ncnc3scnc23)C(C)C1. The first kappa shape index (κ1) is 18.8. The molecule has 28 heavy (non-hydrogen) atoms. The summed E-state index contributed by atoms with van der Waals surface area (Å²) in [6.07, 6.45) is 1.60. The number of hydrogen-bond donors (Lipinski definition) is 1. The van der Waals surface area contributed by atoms with Gasteiger partial charge in [-0.05, 0) is 31.9 Å². The minimum Gasteiger partial charge on any atom is -0.349 e. The number of rotatable bonds is 4. The molecule has 0 aliphatic carbocycles. The van der Waals surface area contributed by atoms with Crippen molar-refractivity contribution < 1.29 is 4.79 Å². The van der Waals surface area contributed by atoms with Gasteiger partial charge < -0.3 is 10.2 Å². The predicted molar refractivity (Wildman–Crippen MR) is 113 cm³/mol. The first-order valence-electron chi connectivity index (χ1n) is 9.42. The second kappa shape index (κ2) is 7.81. The first-order valence-corrected chi connectivity index (χ1v) is 10.3. The summed E-state index contributed by atoms with van der Waals surface area (Å²) >= 11 is 1.53. The summed E-state index contributed by atoms with van der Waals surface area (Å²) in [5.41, 5.74) is 5.76. The number of fused-ring (bicyclic) bond motifs is 1. The summed E-state index contributed by atoms with van der Waals surface area (Å²) in [5.74, 6) is 0.917. The topological polar surface area (TPSA) is 74.2 Å². The van der Waals surface area contributed by atoms with Crippen molar-refractivity contribution in [2.45, 2.75) is 26.8 Å². The average Bonchev–Trinajstić information content (AvgIpc) is 3.14. The van der Waals surface area contributed by atoms with Gasteiger partial charge in [0.15, 0.2) is 5.82 Å². The van der Waals surface area contributed by atoms with Crippen LogP contribution in [-0.4, -0.2) is 58.0 Å². The molecule has 1 aliphatic heterocycles. The Hall–Kier alpha value is -2.58. The van der Waals surface area contributed by atoms with Crippen LogP contribution in [0.5, 0.6) is 0 Å². The summed E-state index contributed by atoms with van der Waals surface area (Å²) in [4.78, 5) is 31.2. The number of aryl methyl sites for hydroxylation is 2. The highest BCUT2D eigenvalue weighted by molar-refractivity contribution is 7.16. The van der Waals surface area contributed by atoms with Crippen molar-refractivity contribution in [1.29, 1.82) is 0 Å². The van der Waals surface area contributed by atoms with E-state index in [1.165, 1.54) is 11.3 Å². The summed E-state index contributed by atoms with van der Waals surface area (Å²) in [5, 5.41) is 3.08. The molecule has 3 heterocycles. The second-order valence-corrected chi connectivity index (χ2v) is 8.13. The number of carbonyl (C=O) groups is 1. The van der Waals surface area contributed by atoms with Crippen LogP contribution in [-0.2, 0) is 4.79 Å². The minimum absolute atomic E-state index is 0.0296. The maximum absolute atomic E-state index is 12.6. The molecular formula is C20H24N6OS. The number of thiazole rings is 1. The Labute approximate surface area is 168 Å². The molecule has 2 aromatic heterocycles. The molecule has 0 bridgehead atoms. The molecule has 7 nitrogen and oxygen atoms in total. The molecule has 4 rings (SSSR count). The van der Waals surface area contributed by atoms with E-state index in [1.54, 1.807) is 6.33 Å². The van der Waals surface area contributed by atoms with Gasteiger partial charge in [-0.15, -0.1) is 11.3 Å². The monoisotopic (exact) mass is 396 g/mol. The fourth-order valence-electron chi connectivity index (χ4n) is 3.78. The van der Waals surface area contributed by atoms with Crippen molar-refractivity contribution >= 4 is 39.1 Å². The van der Waals surface area contributed by atoms with Gasteiger partial charge in [0.1, 0.15) is 16.7 Å². The molecule has 1 fully saturated rings. The van der Waals surface area contributed by atoms with Crippen LogP contribution >= 0.6 is 11.3 Å². The van der Waals surface area contributed by atoms with Crippen LogP contribution in [0.25, 0.3) is 10.3 Å². The number of para-hydroxylation sites is 1. The van der Waals surface area contributed by atoms with Crippen molar-refractivity contribution in [3.05, 3.63) is 41.2 Å². The first-order chi connectivity index (χ1) is 13.5. The number of anilines is 2. The van der Waals surface area contributed by atoms with Crippen LogP contribution in [0.4, 0.5) is 11.5 Å². The van der Waals surface area contributed by atoms with Crippen LogP contribution < -0.4 is 10.2 Å². The molecule has 1 atom stereocenters. The van der Waals surface area contributed by atoms with Gasteiger partial charge in [0.2, 0.25) is 5.91 Å². The zero-order valence-electron chi connectivity index (χ0n) is 16.3. The maximum Gasteiger partial charge on any atom is 0.238 e. The van der Waals surface area contributed by atoms with E-state index in [9.17, 15) is 4.79 Å². The van der Waals surface area contributed by atoms with Crippen molar-refractivity contribution in [2.24, 2.45) is 0 Å². The Morgan fingerprint density at radius 3 is 2.75 bits per heavy atom. The maximum atomic E-state index is 12.6. The van der Waals surface area contributed by atoms with Crippen LogP contribution in [0.15, 0.2) is 30.0 Å². The van der Waals surface area contributed by atoms with E-state index in [0.717, 1.165) is 52.6 Å². The third kappa shape index (κ3) is 3.70. The normalized spacial score (nSPS) is 17.8. The van der Waals surface area contributed by atoms with Gasteiger partial charge in [-0.1, -0.05) is 18.2 Å². The molecule has 1 aromatic carbocycles. The highest BCUT2D eigenvalue weighted by Crippen LogP contribution is 2.27. The Kier molecular flexibility index (Phi) is 5.23. The Balaban J connectivity index is 1.40. The number of aromatic nitrogens is 3. The second-order valence-electron chi connectivity index (χ2n) is 7.30. The number of carbonyl (C=O) groups excluding carboxylic acids is 1. The van der Waals surface area contributed by atoms with Crippen LogP contribution in [0, 0.1) is 13.8 Å². The van der Waals surface area contributed by atoms with Gasteiger partial charge >= 0.3 is 0 Å². The fraction of sp³-hybridized carbons (Fsp3) is 0.400. The largest absolute Gasteiger partial charge is 0.349 e. The third-order valence-electron chi connectivity index (χ3n) is 5.21. The van der Waals surface area contributed by atoms with Crippen LogP contribution in [0.2, 0.25) is 0 Å². The molecule has 1 aliphatic rings. The number of amides is 1. The standard InChI is InChI=1S/C20H24N6OS/c1-13-5-4-6-14(2)17(13)24-16(27)10-25-7-8-26(15(3)9-25)19-18-20(22-11-21-19)28-12-23-18/h4-6,11-12,15H,7-10H2,1-3H3,(H,24,27). The summed E-state index contributed by atoms with van der Waals surface area (Å²) in [6.45, 7) is 9.00. The van der Waals surface area contributed by atoms with E-state index in [4.69, 9.17) is 0 Å². The molecule has 3 aromatic rings. The quantitative estimate of drug-likeness (QED) is 0.731. The van der Waals surface area contributed by atoms with E-state index in [0.29, 0.717) is 6.54 Å². The van der Waals surface area contributed by atoms with E-state index in [-0.39, 0.29) is 11.9 Å². The van der Waals surface area contributed by atoms with Gasteiger partial charge in [-0.2, -0.15) is 0 Å². The Bertz CT molecular complexity index is 983. The molecule has 0 saturated carbocycles. The van der Waals surface area contributed by atoms with Crippen molar-refractivity contribution in [1.82, 2.24) is 19.9 Å². The number of benzene rings is 1. The zero-order chi connectivity index (χ0) is 19.7. The molecular weight excluding hydrogens is 372 g/mol. The lowest BCUT2D eigenvalue weighted by atomic mass is 10.1. The molecule has 1 amide bonds. The van der Waals surface area contributed by atoms with Gasteiger partial charge in [-0.25, -0.2) is 15.0 Å². The van der Waals surface area contributed by atoms with E-state index < -0.39 is 0 Å². The molecule has 0 spiro atoms. The lowest BCUT2D eigenvalue weighted by Gasteiger charge is -2.40. The van der Waals surface area contributed by atoms with Crippen molar-refractivity contribution in [3.8, 4) is 0 Å². The van der Waals surface area contributed by atoms with Gasteiger partial charge in [0, 0.05) is 31.4 Å². The number of piperazine rings is 1. The van der Waals surface area contributed by atoms with E-state index in [2.05, 4.69) is 37.0 Å². The smallest absolute Gasteiger partial charge is 0.238 e. The minimum atomic E-state index is 0.0296. The van der Waals surface area contributed by atoms with Gasteiger partial charge in [-0.3, -0.25) is 9.69 Å². The van der Waals surface area contributed by atoms with E-state index >= 15 is 0 Å². The van der Waals surface area contributed by atoms with Crippen molar-refractivity contribution in [2.75, 3.05) is 36.4 Å². The average molecular weight is 397 g/mol. The van der Waals surface area contributed by atoms with Crippen molar-refractivity contribution in [3.63, 3.8) is 0 Å². The number of hydrogen-bond acceptors (Lipinski definition) is 7. The molecule has 1 unspecified atom stereocenters. The highest BCUT2D eigenvalue weighted by atomic mass is 32.1. The Morgan fingerprint density at radius 2 is 2.00 bits per heavy atom. The van der Waals surface area contributed by atoms with Gasteiger partial charge in [0.05, 0.1) is 12.1 Å². The molecule has 1 N–H and O–H groups in total. The summed E-state index contributed by atoms with van der Waals surface area (Å²) < 4.78 is 0. The lowest BCUT2D eigenvalue weighted by Crippen LogP contribution is -2.53. The molecule has 0 radical (unpaired) electrons. The summed E-state index contributed by atoms with van der Waals surface area (Å²) in [7, 11) is 0. The van der Waals surface area contributed by atoms with Gasteiger partial charge in [0.25, 0.3) is 0 Å². The molecule has 8 heteroatoms. The molecule has 146 valence electrons. The number of nitrogens with one attached hydrogen (secondary N) is 1. The summed E-state index contributed by atoms with van der Waals surface area (Å²) in [6, 6.07) is 6.28. The predicted octanol–water partition coefficient (Wildman–Crippen LogP) is 2.85. The lowest BCUT2D eigenvalue weighted by molar-refractivity contribution is -0.117. The van der Waals surface area contributed by atoms with Crippen LogP contribution in [0.1, 0.15) is 18.1 Å². The van der Waals surface area contributed by atoms with E-state index in [1.807, 2.05) is 37.6 Å². The molecule has 1 saturated heterocycles. The van der Waals surface area contributed by atoms with Crippen LogP contribution in [0.3, 0.4) is 0 Å². The zero-order valence-corrected chi connectivity index (χ0v) is 17.2. The third-order valence-corrected chi connectivity index (χ3v) is 5.94. The highest BCUT2D eigenvalue weighted by Gasteiger charge is 2.27. The fourth-order valence-corrected chi connectivity index (χ4v) is 4.40. The Morgan fingerprint density at radius 1 is 1.21 bits per heavy atom. The number of nitrogens with zero attached hydrogens (tertiary/aromatic N) is 5.